The minimum Gasteiger partial charge on any atom is -0.494 e. The van der Waals surface area contributed by atoms with Crippen LogP contribution in [0.2, 0.25) is 0 Å². The predicted octanol–water partition coefficient (Wildman–Crippen LogP) is 3.31. The van der Waals surface area contributed by atoms with E-state index in [1.165, 1.54) is 5.56 Å². The van der Waals surface area contributed by atoms with Crippen molar-refractivity contribution in [2.24, 2.45) is 11.7 Å². The van der Waals surface area contributed by atoms with Gasteiger partial charge in [0.2, 0.25) is 0 Å². The molecule has 22 heavy (non-hydrogen) atoms. The van der Waals surface area contributed by atoms with E-state index in [0.717, 1.165) is 31.4 Å². The molecular weight excluding hydrogens is 278 g/mol. The summed E-state index contributed by atoms with van der Waals surface area (Å²) in [7, 11) is 3.46. The topological polar surface area (TPSA) is 53.7 Å². The van der Waals surface area contributed by atoms with Gasteiger partial charge >= 0.3 is 0 Å². The van der Waals surface area contributed by atoms with Crippen molar-refractivity contribution < 1.29 is 14.2 Å². The average molecular weight is 307 g/mol. The van der Waals surface area contributed by atoms with E-state index in [-0.39, 0.29) is 0 Å². The molecule has 1 unspecified atom stereocenters. The van der Waals surface area contributed by atoms with Crippen LogP contribution in [0.3, 0.4) is 0 Å². The zero-order valence-corrected chi connectivity index (χ0v) is 14.0. The number of ether oxygens (including phenoxy) is 3. The molecule has 4 heteroatoms. The maximum atomic E-state index is 6.09. The van der Waals surface area contributed by atoms with Crippen molar-refractivity contribution in [1.29, 1.82) is 0 Å². The van der Waals surface area contributed by atoms with Gasteiger partial charge in [-0.1, -0.05) is 12.1 Å². The molecule has 2 N–H and O–H groups in total. The van der Waals surface area contributed by atoms with Crippen molar-refractivity contribution in [2.75, 3.05) is 27.4 Å². The Morgan fingerprint density at radius 3 is 2.45 bits per heavy atom. The molecule has 0 heterocycles. The second kappa shape index (κ2) is 7.95. The fraction of sp³-hybridized carbons (Fsp3) is 0.667. The van der Waals surface area contributed by atoms with Crippen LogP contribution >= 0.6 is 0 Å². The summed E-state index contributed by atoms with van der Waals surface area (Å²) < 4.78 is 16.8. The first-order chi connectivity index (χ1) is 10.7. The fourth-order valence-electron chi connectivity index (χ4n) is 3.58. The van der Waals surface area contributed by atoms with Crippen LogP contribution in [0, 0.1) is 5.92 Å². The Morgan fingerprint density at radius 2 is 1.91 bits per heavy atom. The number of hydrogen-bond donors (Lipinski definition) is 1. The van der Waals surface area contributed by atoms with Crippen LogP contribution in [0.4, 0.5) is 0 Å². The maximum Gasteiger partial charge on any atom is 0.167 e. The highest BCUT2D eigenvalue weighted by Gasteiger charge is 2.37. The normalized spacial score (nSPS) is 19.8. The van der Waals surface area contributed by atoms with Crippen LogP contribution in [0.15, 0.2) is 24.3 Å². The van der Waals surface area contributed by atoms with E-state index >= 15 is 0 Å². The lowest BCUT2D eigenvalue weighted by Gasteiger charge is -2.40. The first-order valence-corrected chi connectivity index (χ1v) is 8.21. The van der Waals surface area contributed by atoms with Gasteiger partial charge in [0, 0.05) is 27.1 Å². The molecular formula is C18H29NO3. The van der Waals surface area contributed by atoms with Gasteiger partial charge in [-0.2, -0.15) is 0 Å². The van der Waals surface area contributed by atoms with Crippen molar-refractivity contribution in [3.05, 3.63) is 29.8 Å². The molecule has 1 aromatic carbocycles. The molecule has 0 amide bonds. The number of methoxy groups -OCH3 is 2. The van der Waals surface area contributed by atoms with Gasteiger partial charge in [-0.05, 0) is 55.8 Å². The second-order valence-electron chi connectivity index (χ2n) is 6.00. The zero-order valence-electron chi connectivity index (χ0n) is 14.0. The fourth-order valence-corrected chi connectivity index (χ4v) is 3.58. The Bertz CT molecular complexity index is 449. The third-order valence-electron chi connectivity index (χ3n) is 4.96. The number of rotatable bonds is 7. The molecule has 1 aliphatic rings. The Labute approximate surface area is 133 Å². The van der Waals surface area contributed by atoms with E-state index in [9.17, 15) is 0 Å². The summed E-state index contributed by atoms with van der Waals surface area (Å²) in [4.78, 5) is 0. The lowest BCUT2D eigenvalue weighted by atomic mass is 9.75. The zero-order chi connectivity index (χ0) is 16.0. The van der Waals surface area contributed by atoms with Crippen LogP contribution in [0.25, 0.3) is 0 Å². The summed E-state index contributed by atoms with van der Waals surface area (Å²) in [6.45, 7) is 3.35. The number of benzene rings is 1. The largest absolute Gasteiger partial charge is 0.494 e. The van der Waals surface area contributed by atoms with E-state index in [2.05, 4.69) is 18.2 Å². The third-order valence-corrected chi connectivity index (χ3v) is 4.96. The Kier molecular flexibility index (Phi) is 6.24. The summed E-state index contributed by atoms with van der Waals surface area (Å²) >= 11 is 0. The van der Waals surface area contributed by atoms with E-state index in [0.29, 0.717) is 25.0 Å². The third kappa shape index (κ3) is 3.80. The first-order valence-electron chi connectivity index (χ1n) is 8.21. The molecule has 1 fully saturated rings. The van der Waals surface area contributed by atoms with E-state index < -0.39 is 5.79 Å². The van der Waals surface area contributed by atoms with Crippen LogP contribution in [-0.4, -0.2) is 33.2 Å². The molecule has 0 saturated heterocycles. The summed E-state index contributed by atoms with van der Waals surface area (Å²) in [6, 6.07) is 8.35. The monoisotopic (exact) mass is 307 g/mol. The van der Waals surface area contributed by atoms with E-state index in [1.54, 1.807) is 14.2 Å². The number of hydrogen-bond acceptors (Lipinski definition) is 4. The lowest BCUT2D eigenvalue weighted by Crippen LogP contribution is -2.39. The Hall–Kier alpha value is -1.10. The molecule has 0 aromatic heterocycles. The molecule has 2 rings (SSSR count). The molecule has 1 saturated carbocycles. The summed E-state index contributed by atoms with van der Waals surface area (Å²) in [5.74, 6) is 1.47. The molecule has 0 spiro atoms. The number of nitrogens with two attached hydrogens (primary N) is 1. The van der Waals surface area contributed by atoms with Crippen LogP contribution in [0.1, 0.15) is 44.1 Å². The minimum absolute atomic E-state index is 0.368. The van der Waals surface area contributed by atoms with Gasteiger partial charge in [0.15, 0.2) is 5.79 Å². The quantitative estimate of drug-likeness (QED) is 0.785. The molecule has 0 aliphatic heterocycles. The van der Waals surface area contributed by atoms with E-state index in [4.69, 9.17) is 19.9 Å². The molecule has 1 aliphatic carbocycles. The molecule has 1 aromatic rings. The predicted molar refractivity (Wildman–Crippen MR) is 88.1 cm³/mol. The van der Waals surface area contributed by atoms with Crippen LogP contribution < -0.4 is 10.5 Å². The minimum atomic E-state index is -0.400. The van der Waals surface area contributed by atoms with Crippen molar-refractivity contribution in [3.63, 3.8) is 0 Å². The van der Waals surface area contributed by atoms with E-state index in [1.807, 2.05) is 13.0 Å². The van der Waals surface area contributed by atoms with Gasteiger partial charge in [-0.25, -0.2) is 0 Å². The molecule has 4 nitrogen and oxygen atoms in total. The van der Waals surface area contributed by atoms with Gasteiger partial charge in [0.05, 0.1) is 6.61 Å². The standard InChI is InChI=1S/C18H29NO3/c1-4-22-16-7-5-6-15(12-16)17(13-19)14-8-10-18(20-2,21-3)11-9-14/h5-7,12,14,17H,4,8-11,13,19H2,1-3H3. The molecule has 124 valence electrons. The van der Waals surface area contributed by atoms with Gasteiger partial charge < -0.3 is 19.9 Å². The lowest BCUT2D eigenvalue weighted by molar-refractivity contribution is -0.228. The highest BCUT2D eigenvalue weighted by atomic mass is 16.7. The summed E-state index contributed by atoms with van der Waals surface area (Å²) in [5.41, 5.74) is 7.37. The highest BCUT2D eigenvalue weighted by molar-refractivity contribution is 5.31. The van der Waals surface area contributed by atoms with Crippen LogP contribution in [0.5, 0.6) is 5.75 Å². The Balaban J connectivity index is 2.08. The average Bonchev–Trinajstić information content (AvgIpc) is 2.57. The first kappa shape index (κ1) is 17.3. The van der Waals surface area contributed by atoms with Crippen molar-refractivity contribution in [2.45, 2.75) is 44.3 Å². The smallest absolute Gasteiger partial charge is 0.167 e. The van der Waals surface area contributed by atoms with Gasteiger partial charge in [0.1, 0.15) is 5.75 Å². The van der Waals surface area contributed by atoms with Gasteiger partial charge in [-0.3, -0.25) is 0 Å². The molecule has 1 atom stereocenters. The molecule has 0 bridgehead atoms. The molecule has 0 radical (unpaired) electrons. The van der Waals surface area contributed by atoms with Crippen molar-refractivity contribution >= 4 is 0 Å². The van der Waals surface area contributed by atoms with Crippen molar-refractivity contribution in [1.82, 2.24) is 0 Å². The van der Waals surface area contributed by atoms with Gasteiger partial charge in [0.25, 0.3) is 0 Å². The Morgan fingerprint density at radius 1 is 1.23 bits per heavy atom. The highest BCUT2D eigenvalue weighted by Crippen LogP contribution is 2.41. The van der Waals surface area contributed by atoms with Gasteiger partial charge in [-0.15, -0.1) is 0 Å². The SMILES string of the molecule is CCOc1cccc(C(CN)C2CCC(OC)(OC)CC2)c1. The van der Waals surface area contributed by atoms with Crippen molar-refractivity contribution in [3.8, 4) is 5.75 Å². The summed E-state index contributed by atoms with van der Waals surface area (Å²) in [6.07, 6.45) is 3.99. The maximum absolute atomic E-state index is 6.09. The second-order valence-corrected chi connectivity index (χ2v) is 6.00. The van der Waals surface area contributed by atoms with Crippen LogP contribution in [-0.2, 0) is 9.47 Å². The summed E-state index contributed by atoms with van der Waals surface area (Å²) in [5, 5.41) is 0.